The van der Waals surface area contributed by atoms with Gasteiger partial charge in [-0.15, -0.1) is 11.3 Å². The zero-order valence-electron chi connectivity index (χ0n) is 16.0. The molecule has 152 valence electrons. The number of rotatable bonds is 6. The Labute approximate surface area is 176 Å². The van der Waals surface area contributed by atoms with Crippen LogP contribution in [0.3, 0.4) is 0 Å². The molecule has 3 aromatic heterocycles. The summed E-state index contributed by atoms with van der Waals surface area (Å²) in [5.74, 6) is 0.470. The fourth-order valence-electron chi connectivity index (χ4n) is 3.34. The maximum Gasteiger partial charge on any atom is 0.360 e. The number of likely N-dealkylation sites (tertiary alicyclic amines) is 1. The number of amides is 1. The molecule has 0 spiro atoms. The molecule has 1 fully saturated rings. The maximum atomic E-state index is 12.5. The largest absolute Gasteiger partial charge is 0.461 e. The van der Waals surface area contributed by atoms with Crippen molar-refractivity contribution in [2.45, 2.75) is 32.1 Å². The second-order valence-electron chi connectivity index (χ2n) is 6.83. The van der Waals surface area contributed by atoms with Gasteiger partial charge in [-0.2, -0.15) is 11.3 Å². The minimum atomic E-state index is -0.502. The lowest BCUT2D eigenvalue weighted by molar-refractivity contribution is -0.131. The van der Waals surface area contributed by atoms with Gasteiger partial charge in [-0.1, -0.05) is 5.16 Å². The van der Waals surface area contributed by atoms with E-state index in [1.54, 1.807) is 35.7 Å². The van der Waals surface area contributed by atoms with Gasteiger partial charge in [0.15, 0.2) is 11.5 Å². The summed E-state index contributed by atoms with van der Waals surface area (Å²) in [6.07, 6.45) is 2.27. The van der Waals surface area contributed by atoms with Gasteiger partial charge in [0.25, 0.3) is 0 Å². The van der Waals surface area contributed by atoms with Crippen molar-refractivity contribution < 1.29 is 18.8 Å². The summed E-state index contributed by atoms with van der Waals surface area (Å²) in [5.41, 5.74) is 1.90. The average Bonchev–Trinajstić information content (AvgIpc) is 3.49. The van der Waals surface area contributed by atoms with E-state index in [-0.39, 0.29) is 18.2 Å². The van der Waals surface area contributed by atoms with Crippen molar-refractivity contribution in [2.75, 3.05) is 19.7 Å². The van der Waals surface area contributed by atoms with Crippen molar-refractivity contribution in [3.8, 4) is 11.5 Å². The van der Waals surface area contributed by atoms with Crippen LogP contribution in [0, 0.1) is 0 Å². The van der Waals surface area contributed by atoms with E-state index >= 15 is 0 Å². The third kappa shape index (κ3) is 4.56. The summed E-state index contributed by atoms with van der Waals surface area (Å²) in [6.45, 7) is 3.53. The van der Waals surface area contributed by atoms with Gasteiger partial charge in [0.2, 0.25) is 5.91 Å². The van der Waals surface area contributed by atoms with Crippen molar-refractivity contribution in [1.29, 1.82) is 0 Å². The smallest absolute Gasteiger partial charge is 0.360 e. The second kappa shape index (κ2) is 8.87. The number of hydrogen-bond acceptors (Lipinski definition) is 8. The fourth-order valence-corrected chi connectivity index (χ4v) is 4.99. The maximum absolute atomic E-state index is 12.5. The number of carbonyl (C=O) groups excluding carboxylic acids is 2. The number of hydrogen-bond donors (Lipinski definition) is 0. The molecule has 0 aromatic carbocycles. The molecule has 0 atom stereocenters. The molecule has 3 aromatic rings. The second-order valence-corrected chi connectivity index (χ2v) is 8.50. The highest BCUT2D eigenvalue weighted by atomic mass is 32.1. The summed E-state index contributed by atoms with van der Waals surface area (Å²) >= 11 is 3.19. The highest BCUT2D eigenvalue weighted by Crippen LogP contribution is 2.33. The van der Waals surface area contributed by atoms with E-state index < -0.39 is 5.97 Å². The van der Waals surface area contributed by atoms with Crippen LogP contribution in [0.4, 0.5) is 0 Å². The van der Waals surface area contributed by atoms with Crippen LogP contribution in [0.2, 0.25) is 0 Å². The molecule has 4 heterocycles. The van der Waals surface area contributed by atoms with Crippen LogP contribution in [0.1, 0.15) is 46.7 Å². The first-order chi connectivity index (χ1) is 14.1. The minimum Gasteiger partial charge on any atom is -0.461 e. The van der Waals surface area contributed by atoms with Gasteiger partial charge < -0.3 is 14.2 Å². The molecular weight excluding hydrogens is 410 g/mol. The predicted molar refractivity (Wildman–Crippen MR) is 110 cm³/mol. The topological polar surface area (TPSA) is 85.5 Å². The number of nitrogens with zero attached hydrogens (tertiary/aromatic N) is 3. The number of thiazole rings is 1. The molecule has 0 unspecified atom stereocenters. The molecule has 7 nitrogen and oxygen atoms in total. The Bertz CT molecular complexity index is 972. The molecule has 0 aliphatic carbocycles. The quantitative estimate of drug-likeness (QED) is 0.549. The normalized spacial score (nSPS) is 14.9. The Morgan fingerprint density at radius 3 is 2.86 bits per heavy atom. The van der Waals surface area contributed by atoms with E-state index in [2.05, 4.69) is 10.1 Å². The molecule has 0 saturated carbocycles. The van der Waals surface area contributed by atoms with Gasteiger partial charge in [-0.05, 0) is 42.2 Å². The van der Waals surface area contributed by atoms with Gasteiger partial charge in [-0.25, -0.2) is 9.78 Å². The van der Waals surface area contributed by atoms with Crippen molar-refractivity contribution in [2.24, 2.45) is 0 Å². The monoisotopic (exact) mass is 431 g/mol. The van der Waals surface area contributed by atoms with Crippen LogP contribution in [0.5, 0.6) is 0 Å². The first-order valence-electron chi connectivity index (χ1n) is 9.52. The highest BCUT2D eigenvalue weighted by Gasteiger charge is 2.26. The number of carbonyl (C=O) groups is 2. The van der Waals surface area contributed by atoms with E-state index in [9.17, 15) is 9.59 Å². The van der Waals surface area contributed by atoms with Crippen LogP contribution in [-0.4, -0.2) is 46.6 Å². The first kappa shape index (κ1) is 19.8. The zero-order valence-corrected chi connectivity index (χ0v) is 17.6. The molecular formula is C20H21N3O4S2. The number of thiophene rings is 1. The summed E-state index contributed by atoms with van der Waals surface area (Å²) in [6, 6.07) is 3.56. The van der Waals surface area contributed by atoms with Crippen molar-refractivity contribution in [3.05, 3.63) is 44.5 Å². The van der Waals surface area contributed by atoms with Crippen LogP contribution >= 0.6 is 22.7 Å². The SMILES string of the molecule is CCOC(=O)c1cc(-c2csc(C3CCN(C(=O)Cc4ccsc4)CC3)n2)on1. The molecule has 1 aliphatic heterocycles. The Morgan fingerprint density at radius 2 is 2.14 bits per heavy atom. The lowest BCUT2D eigenvalue weighted by Gasteiger charge is -2.31. The van der Waals surface area contributed by atoms with E-state index in [0.29, 0.717) is 23.8 Å². The van der Waals surface area contributed by atoms with Gasteiger partial charge in [0, 0.05) is 30.5 Å². The molecule has 0 bridgehead atoms. The van der Waals surface area contributed by atoms with Gasteiger partial charge >= 0.3 is 5.97 Å². The molecule has 1 saturated heterocycles. The van der Waals surface area contributed by atoms with Crippen molar-refractivity contribution >= 4 is 34.6 Å². The lowest BCUT2D eigenvalue weighted by atomic mass is 9.97. The third-order valence-corrected chi connectivity index (χ3v) is 6.64. The first-order valence-corrected chi connectivity index (χ1v) is 11.3. The number of esters is 1. The van der Waals surface area contributed by atoms with E-state index in [4.69, 9.17) is 9.26 Å². The highest BCUT2D eigenvalue weighted by molar-refractivity contribution is 7.10. The van der Waals surface area contributed by atoms with Crippen LogP contribution in [-0.2, 0) is 16.0 Å². The summed E-state index contributed by atoms with van der Waals surface area (Å²) in [7, 11) is 0. The van der Waals surface area contributed by atoms with Crippen molar-refractivity contribution in [3.63, 3.8) is 0 Å². The van der Waals surface area contributed by atoms with Crippen LogP contribution < -0.4 is 0 Å². The Morgan fingerprint density at radius 1 is 1.31 bits per heavy atom. The third-order valence-electron chi connectivity index (χ3n) is 4.90. The minimum absolute atomic E-state index is 0.147. The fraction of sp³-hybridized carbons (Fsp3) is 0.400. The molecule has 9 heteroatoms. The van der Waals surface area contributed by atoms with Crippen LogP contribution in [0.15, 0.2) is 32.8 Å². The number of aromatic nitrogens is 2. The number of piperidine rings is 1. The predicted octanol–water partition coefficient (Wildman–Crippen LogP) is 3.99. The average molecular weight is 432 g/mol. The summed E-state index contributed by atoms with van der Waals surface area (Å²) < 4.78 is 10.2. The van der Waals surface area contributed by atoms with E-state index in [0.717, 1.165) is 36.5 Å². The molecule has 0 N–H and O–H groups in total. The molecule has 4 rings (SSSR count). The summed E-state index contributed by atoms with van der Waals surface area (Å²) in [4.78, 5) is 30.8. The van der Waals surface area contributed by atoms with Gasteiger partial charge in [-0.3, -0.25) is 4.79 Å². The Balaban J connectivity index is 1.35. The zero-order chi connectivity index (χ0) is 20.2. The molecule has 29 heavy (non-hydrogen) atoms. The summed E-state index contributed by atoms with van der Waals surface area (Å²) in [5, 5.41) is 10.7. The number of ether oxygens (including phenoxy) is 1. The molecule has 0 radical (unpaired) electrons. The molecule has 1 aliphatic rings. The Hall–Kier alpha value is -2.52. The van der Waals surface area contributed by atoms with Crippen molar-refractivity contribution in [1.82, 2.24) is 15.0 Å². The Kier molecular flexibility index (Phi) is 6.05. The van der Waals surface area contributed by atoms with E-state index in [1.807, 2.05) is 27.1 Å². The van der Waals surface area contributed by atoms with Gasteiger partial charge in [0.1, 0.15) is 5.69 Å². The standard InChI is InChI=1S/C20H21N3O4S2/c1-2-26-20(25)15-10-17(27-22-15)16-12-29-19(21-16)14-3-6-23(7-4-14)18(24)9-13-5-8-28-11-13/h5,8,10-12,14H,2-4,6-7,9H2,1H3. The lowest BCUT2D eigenvalue weighted by Crippen LogP contribution is -2.38. The molecule has 1 amide bonds. The van der Waals surface area contributed by atoms with Crippen LogP contribution in [0.25, 0.3) is 11.5 Å². The van der Waals surface area contributed by atoms with Gasteiger partial charge in [0.05, 0.1) is 18.0 Å². The van der Waals surface area contributed by atoms with E-state index in [1.165, 1.54) is 0 Å².